The van der Waals surface area contributed by atoms with E-state index < -0.39 is 11.9 Å². The fourth-order valence-corrected chi connectivity index (χ4v) is 3.16. The van der Waals surface area contributed by atoms with Crippen molar-refractivity contribution in [1.82, 2.24) is 15.3 Å². The summed E-state index contributed by atoms with van der Waals surface area (Å²) >= 11 is 4.78. The minimum absolute atomic E-state index is 0.0192. The molecule has 0 spiro atoms. The number of rotatable bonds is 8. The van der Waals surface area contributed by atoms with Crippen molar-refractivity contribution < 1.29 is 13.9 Å². The lowest BCUT2D eigenvalue weighted by Crippen LogP contribution is -2.41. The summed E-state index contributed by atoms with van der Waals surface area (Å²) in [5.74, 6) is -0.0245. The highest BCUT2D eigenvalue weighted by Crippen LogP contribution is 2.33. The van der Waals surface area contributed by atoms with Crippen LogP contribution in [0.15, 0.2) is 41.0 Å². The van der Waals surface area contributed by atoms with Gasteiger partial charge >= 0.3 is 0 Å². The fourth-order valence-electron chi connectivity index (χ4n) is 3.05. The maximum absolute atomic E-state index is 13.9. The lowest BCUT2D eigenvalue weighted by atomic mass is 10.1. The minimum Gasteiger partial charge on any atom is -0.479 e. The molecule has 3 aromatic rings. The zero-order chi connectivity index (χ0) is 22.5. The molecule has 1 aromatic heterocycles. The molecule has 0 fully saturated rings. The lowest BCUT2D eigenvalue weighted by molar-refractivity contribution is -0.127. The van der Waals surface area contributed by atoms with Crippen LogP contribution in [0.5, 0.6) is 5.75 Å². The van der Waals surface area contributed by atoms with E-state index >= 15 is 0 Å². The van der Waals surface area contributed by atoms with Gasteiger partial charge in [0.1, 0.15) is 23.7 Å². The zero-order valence-corrected chi connectivity index (χ0v) is 18.6. The van der Waals surface area contributed by atoms with Crippen molar-refractivity contribution in [3.63, 3.8) is 0 Å². The monoisotopic (exact) mass is 441 g/mol. The van der Waals surface area contributed by atoms with Gasteiger partial charge in [0.05, 0.1) is 16.9 Å². The Morgan fingerprint density at radius 1 is 1.26 bits per heavy atom. The van der Waals surface area contributed by atoms with Crippen molar-refractivity contribution in [3.05, 3.63) is 48.0 Å². The van der Waals surface area contributed by atoms with Crippen molar-refractivity contribution >= 4 is 46.4 Å². The van der Waals surface area contributed by atoms with Crippen molar-refractivity contribution in [3.8, 4) is 5.75 Å². The number of nitrogens with zero attached hydrogens (tertiary/aromatic N) is 3. The highest BCUT2D eigenvalue weighted by atomic mass is 32.1. The predicted octanol–water partition coefficient (Wildman–Crippen LogP) is 4.86. The highest BCUT2D eigenvalue weighted by Gasteiger charge is 2.19. The summed E-state index contributed by atoms with van der Waals surface area (Å²) < 4.78 is 23.5. The Morgan fingerprint density at radius 2 is 2.03 bits per heavy atom. The second kappa shape index (κ2) is 9.74. The number of aromatic nitrogens is 2. The molecule has 31 heavy (non-hydrogen) atoms. The number of nitrogens with one attached hydrogen (secondary N) is 2. The van der Waals surface area contributed by atoms with Crippen LogP contribution in [0.3, 0.4) is 0 Å². The molecular formula is C22H24FN5O2S. The van der Waals surface area contributed by atoms with Crippen LogP contribution in [0.25, 0.3) is 10.9 Å². The third kappa shape index (κ3) is 5.29. The number of hydrogen-bond donors (Lipinski definition) is 2. The largest absolute Gasteiger partial charge is 0.479 e. The molecule has 2 atom stereocenters. The number of fused-ring (bicyclic) bond motifs is 1. The van der Waals surface area contributed by atoms with Crippen molar-refractivity contribution in [2.24, 2.45) is 4.36 Å². The molecule has 0 aliphatic carbocycles. The van der Waals surface area contributed by atoms with Gasteiger partial charge in [-0.1, -0.05) is 6.92 Å². The number of carbonyl (C=O) groups excluding carboxylic acids is 1. The number of aryl methyl sites for hydroxylation is 1. The van der Waals surface area contributed by atoms with Crippen molar-refractivity contribution in [1.29, 1.82) is 0 Å². The fraction of sp³-hybridized carbons (Fsp3) is 0.318. The Morgan fingerprint density at radius 3 is 2.74 bits per heavy atom. The maximum atomic E-state index is 13.9. The Hall–Kier alpha value is -3.20. The molecule has 9 heteroatoms. The van der Waals surface area contributed by atoms with E-state index in [1.165, 1.54) is 18.5 Å². The van der Waals surface area contributed by atoms with Gasteiger partial charge in [-0.05, 0) is 57.0 Å². The molecule has 0 aliphatic heterocycles. The van der Waals surface area contributed by atoms with E-state index in [-0.39, 0.29) is 17.7 Å². The molecule has 1 amide bonds. The molecule has 7 nitrogen and oxygen atoms in total. The van der Waals surface area contributed by atoms with Crippen LogP contribution in [-0.4, -0.2) is 28.0 Å². The van der Waals surface area contributed by atoms with E-state index in [1.54, 1.807) is 19.1 Å². The normalized spacial score (nSPS) is 12.8. The average Bonchev–Trinajstić information content (AvgIpc) is 2.75. The number of amides is 1. The first-order valence-electron chi connectivity index (χ1n) is 9.94. The molecule has 0 radical (unpaired) electrons. The van der Waals surface area contributed by atoms with Gasteiger partial charge in [-0.3, -0.25) is 4.79 Å². The highest BCUT2D eigenvalue weighted by molar-refractivity contribution is 7.47. The zero-order valence-electron chi connectivity index (χ0n) is 17.8. The lowest BCUT2D eigenvalue weighted by Gasteiger charge is -2.20. The second-order valence-electron chi connectivity index (χ2n) is 7.31. The summed E-state index contributed by atoms with van der Waals surface area (Å²) in [6, 6.07) is 7.72. The quantitative estimate of drug-likeness (QED) is 0.519. The number of carbonyl (C=O) groups is 1. The molecule has 1 unspecified atom stereocenters. The van der Waals surface area contributed by atoms with Crippen LogP contribution < -0.4 is 15.4 Å². The second-order valence-corrected chi connectivity index (χ2v) is 7.50. The van der Waals surface area contributed by atoms with Crippen LogP contribution in [0, 0.1) is 12.7 Å². The van der Waals surface area contributed by atoms with Gasteiger partial charge in [0.15, 0.2) is 6.10 Å². The summed E-state index contributed by atoms with van der Waals surface area (Å²) in [6.07, 6.45) is 1.41. The van der Waals surface area contributed by atoms with Crippen LogP contribution in [0.4, 0.5) is 21.6 Å². The van der Waals surface area contributed by atoms with E-state index in [1.807, 2.05) is 26.8 Å². The molecule has 0 saturated carbocycles. The molecule has 162 valence electrons. The molecule has 0 saturated heterocycles. The number of ether oxygens (including phenoxy) is 1. The van der Waals surface area contributed by atoms with E-state index in [0.717, 1.165) is 17.4 Å². The Labute approximate surface area is 185 Å². The Bertz CT molecular complexity index is 1120. The van der Waals surface area contributed by atoms with Gasteiger partial charge in [0.2, 0.25) is 0 Å². The molecule has 2 N–H and O–H groups in total. The summed E-state index contributed by atoms with van der Waals surface area (Å²) in [5, 5.41) is 6.83. The van der Waals surface area contributed by atoms with Gasteiger partial charge in [-0.25, -0.2) is 14.4 Å². The number of anilines is 2. The molecular weight excluding hydrogens is 417 g/mol. The SMILES string of the molecule is CCC(C)NC(=O)[C@@H](C)Oc1cc(F)ccc1Nc1ncnc2cc(N=S)cc(C)c12. The van der Waals surface area contributed by atoms with Crippen LogP contribution >= 0.6 is 0 Å². The smallest absolute Gasteiger partial charge is 0.260 e. The minimum atomic E-state index is -0.809. The molecule has 0 aliphatic rings. The first-order valence-corrected chi connectivity index (χ1v) is 10.3. The number of hydrogen-bond acceptors (Lipinski definition) is 7. The maximum Gasteiger partial charge on any atom is 0.260 e. The van der Waals surface area contributed by atoms with Crippen LogP contribution in [0.2, 0.25) is 0 Å². The molecule has 2 aromatic carbocycles. The van der Waals surface area contributed by atoms with Gasteiger partial charge in [0, 0.05) is 29.9 Å². The number of benzene rings is 2. The average molecular weight is 442 g/mol. The van der Waals surface area contributed by atoms with E-state index in [9.17, 15) is 9.18 Å². The molecule has 1 heterocycles. The summed E-state index contributed by atoms with van der Waals surface area (Å²) in [4.78, 5) is 21.0. The van der Waals surface area contributed by atoms with Gasteiger partial charge in [-0.2, -0.15) is 4.36 Å². The van der Waals surface area contributed by atoms with Gasteiger partial charge in [-0.15, -0.1) is 0 Å². The molecule has 3 rings (SSSR count). The Kier molecular flexibility index (Phi) is 7.06. The van der Waals surface area contributed by atoms with E-state index in [0.29, 0.717) is 22.7 Å². The first-order chi connectivity index (χ1) is 14.8. The summed E-state index contributed by atoms with van der Waals surface area (Å²) in [6.45, 7) is 7.42. The topological polar surface area (TPSA) is 88.5 Å². The summed E-state index contributed by atoms with van der Waals surface area (Å²) in [7, 11) is 0. The van der Waals surface area contributed by atoms with Crippen molar-refractivity contribution in [2.45, 2.75) is 46.3 Å². The van der Waals surface area contributed by atoms with E-state index in [4.69, 9.17) is 17.2 Å². The van der Waals surface area contributed by atoms with E-state index in [2.05, 4.69) is 25.0 Å². The molecule has 0 bridgehead atoms. The van der Waals surface area contributed by atoms with Crippen LogP contribution in [0.1, 0.15) is 32.8 Å². The van der Waals surface area contributed by atoms with Crippen molar-refractivity contribution in [2.75, 3.05) is 5.32 Å². The first kappa shape index (κ1) is 22.5. The summed E-state index contributed by atoms with van der Waals surface area (Å²) in [5.41, 5.74) is 2.67. The van der Waals surface area contributed by atoms with Crippen LogP contribution in [-0.2, 0) is 17.2 Å². The Balaban J connectivity index is 1.93. The third-order valence-corrected chi connectivity index (χ3v) is 5.11. The standard InChI is InChI=1S/C22H24FN5O2S/c1-5-13(3)26-22(29)14(4)30-19-9-15(23)6-7-17(19)27-21-20-12(2)8-16(28-31)10-18(20)24-11-25-21/h6-11,13-14H,5H2,1-4H3,(H,26,29)(H,24,25,27)/t13?,14-/m1/s1. The number of halogens is 1. The van der Waals surface area contributed by atoms with Gasteiger partial charge in [0.25, 0.3) is 5.91 Å². The predicted molar refractivity (Wildman–Crippen MR) is 121 cm³/mol. The van der Waals surface area contributed by atoms with Gasteiger partial charge < -0.3 is 15.4 Å². The third-order valence-electron chi connectivity index (χ3n) is 4.90.